The minimum absolute atomic E-state index is 0.0415. The first-order valence-corrected chi connectivity index (χ1v) is 21.9. The molecule has 0 spiro atoms. The van der Waals surface area contributed by atoms with Crippen LogP contribution in [0.3, 0.4) is 0 Å². The first kappa shape index (κ1) is 48.6. The van der Waals surface area contributed by atoms with E-state index in [2.05, 4.69) is 20.8 Å². The van der Waals surface area contributed by atoms with E-state index in [-0.39, 0.29) is 18.0 Å². The topological polar surface area (TPSA) is 69.7 Å². The van der Waals surface area contributed by atoms with E-state index in [1.165, 1.54) is 96.3 Å². The number of rotatable bonds is 37. The Morgan fingerprint density at radius 1 is 0.440 bits per heavy atom. The summed E-state index contributed by atoms with van der Waals surface area (Å²) in [6, 6.07) is 0. The van der Waals surface area contributed by atoms with Gasteiger partial charge >= 0.3 is 11.9 Å². The molecule has 0 bridgehead atoms. The van der Waals surface area contributed by atoms with Crippen molar-refractivity contribution in [1.29, 1.82) is 0 Å². The molecular weight excluding hydrogens is 620 g/mol. The molecule has 0 saturated carbocycles. The molecule has 0 heterocycles. The number of Topliss-reactive ketones (excluding diaryl/α,β-unsaturated/α-hetero) is 1. The van der Waals surface area contributed by atoms with Crippen molar-refractivity contribution in [2.24, 2.45) is 10.8 Å². The van der Waals surface area contributed by atoms with Crippen LogP contribution >= 0.6 is 0 Å². The Bertz CT molecular complexity index is 800. The highest BCUT2D eigenvalue weighted by Gasteiger charge is 2.31. The Morgan fingerprint density at radius 3 is 1.24 bits per heavy atom. The van der Waals surface area contributed by atoms with Crippen LogP contribution in [0.1, 0.15) is 248 Å². The summed E-state index contributed by atoms with van der Waals surface area (Å²) in [7, 11) is 0. The van der Waals surface area contributed by atoms with Crippen LogP contribution in [0, 0.1) is 10.8 Å². The summed E-state index contributed by atoms with van der Waals surface area (Å²) in [4.78, 5) is 38.4. The third kappa shape index (κ3) is 28.2. The second-order valence-electron chi connectivity index (χ2n) is 16.8. The Morgan fingerprint density at radius 2 is 0.800 bits per heavy atom. The molecule has 0 aliphatic rings. The average Bonchev–Trinajstić information content (AvgIpc) is 3.08. The lowest BCUT2D eigenvalue weighted by atomic mass is 9.86. The van der Waals surface area contributed by atoms with Crippen LogP contribution < -0.4 is 0 Å². The summed E-state index contributed by atoms with van der Waals surface area (Å²) in [5, 5.41) is 0. The van der Waals surface area contributed by atoms with Crippen molar-refractivity contribution in [2.45, 2.75) is 254 Å². The van der Waals surface area contributed by atoms with Crippen molar-refractivity contribution < 1.29 is 23.9 Å². The molecule has 0 fully saturated rings. The van der Waals surface area contributed by atoms with E-state index < -0.39 is 10.8 Å². The van der Waals surface area contributed by atoms with Gasteiger partial charge in [0.2, 0.25) is 0 Å². The van der Waals surface area contributed by atoms with Crippen molar-refractivity contribution in [2.75, 3.05) is 6.61 Å². The quantitative estimate of drug-likeness (QED) is 0.0475. The monoisotopic (exact) mass is 707 g/mol. The largest absolute Gasteiger partial charge is 0.465 e. The maximum absolute atomic E-state index is 13.3. The van der Waals surface area contributed by atoms with E-state index in [1.54, 1.807) is 0 Å². The first-order chi connectivity index (χ1) is 24.0. The Labute approximate surface area is 312 Å². The summed E-state index contributed by atoms with van der Waals surface area (Å²) in [6.07, 6.45) is 34.1. The van der Waals surface area contributed by atoms with Crippen molar-refractivity contribution in [3.05, 3.63) is 0 Å². The molecular formula is C45H86O5. The van der Waals surface area contributed by atoms with Gasteiger partial charge in [0.1, 0.15) is 11.9 Å². The normalized spacial score (nSPS) is 12.1. The van der Waals surface area contributed by atoms with Crippen molar-refractivity contribution in [3.8, 4) is 0 Å². The lowest BCUT2D eigenvalue weighted by Gasteiger charge is -2.27. The fraction of sp³-hybridized carbons (Fsp3) is 0.933. The number of esters is 2. The molecule has 0 aliphatic carbocycles. The Balaban J connectivity index is 4.23. The third-order valence-electron chi connectivity index (χ3n) is 10.6. The predicted molar refractivity (Wildman–Crippen MR) is 214 cm³/mol. The summed E-state index contributed by atoms with van der Waals surface area (Å²) >= 11 is 0. The average molecular weight is 707 g/mol. The van der Waals surface area contributed by atoms with Crippen molar-refractivity contribution >= 4 is 17.7 Å². The Kier molecular flexibility index (Phi) is 31.4. The highest BCUT2D eigenvalue weighted by Crippen LogP contribution is 2.29. The van der Waals surface area contributed by atoms with Gasteiger partial charge in [-0.15, -0.1) is 0 Å². The van der Waals surface area contributed by atoms with Gasteiger partial charge in [-0.2, -0.15) is 0 Å². The number of ketones is 1. The minimum Gasteiger partial charge on any atom is -0.465 e. The lowest BCUT2D eigenvalue weighted by Crippen LogP contribution is -2.31. The molecule has 0 saturated heterocycles. The second kappa shape index (κ2) is 32.3. The maximum Gasteiger partial charge on any atom is 0.311 e. The molecule has 0 unspecified atom stereocenters. The van der Waals surface area contributed by atoms with Gasteiger partial charge in [0.15, 0.2) is 0 Å². The smallest absolute Gasteiger partial charge is 0.311 e. The van der Waals surface area contributed by atoms with Crippen LogP contribution in [-0.4, -0.2) is 30.4 Å². The molecule has 0 aliphatic heterocycles. The summed E-state index contributed by atoms with van der Waals surface area (Å²) < 4.78 is 11.8. The van der Waals surface area contributed by atoms with E-state index in [0.29, 0.717) is 25.2 Å². The van der Waals surface area contributed by atoms with Gasteiger partial charge in [-0.3, -0.25) is 14.4 Å². The van der Waals surface area contributed by atoms with E-state index in [9.17, 15) is 14.4 Å². The highest BCUT2D eigenvalue weighted by atomic mass is 16.5. The molecule has 0 aromatic carbocycles. The summed E-state index contributed by atoms with van der Waals surface area (Å²) in [5.74, 6) is 0.210. The molecule has 0 N–H and O–H groups in total. The van der Waals surface area contributed by atoms with E-state index in [4.69, 9.17) is 9.47 Å². The molecule has 0 radical (unpaired) electrons. The number of carbonyl (C=O) groups excluding carboxylic acids is 3. The Hall–Kier alpha value is -1.39. The molecule has 0 rings (SSSR count). The maximum atomic E-state index is 13.3. The molecule has 0 aromatic heterocycles. The molecule has 296 valence electrons. The van der Waals surface area contributed by atoms with Gasteiger partial charge in [0.05, 0.1) is 17.4 Å². The number of hydrogen-bond donors (Lipinski definition) is 0. The van der Waals surface area contributed by atoms with E-state index >= 15 is 0 Å². The predicted octanol–water partition coefficient (Wildman–Crippen LogP) is 14.2. The third-order valence-corrected chi connectivity index (χ3v) is 10.6. The van der Waals surface area contributed by atoms with Crippen LogP contribution in [0.2, 0.25) is 0 Å². The van der Waals surface area contributed by atoms with Crippen LogP contribution in [0.5, 0.6) is 0 Å². The minimum atomic E-state index is -0.488. The van der Waals surface area contributed by atoms with E-state index in [1.807, 2.05) is 27.7 Å². The number of unbranched alkanes of at least 4 members (excludes halogenated alkanes) is 20. The molecule has 5 nitrogen and oxygen atoms in total. The van der Waals surface area contributed by atoms with Gasteiger partial charge in [-0.25, -0.2) is 0 Å². The zero-order chi connectivity index (χ0) is 37.4. The molecule has 50 heavy (non-hydrogen) atoms. The van der Waals surface area contributed by atoms with Gasteiger partial charge < -0.3 is 9.47 Å². The standard InChI is InChI=1S/C45H86O5/c1-8-11-14-17-20-23-32-39-49-42(47)44(4,5)37-30-24-26-33-40(46)34-27-25-31-38-45(6,7)43(48)50-41(35-28-21-18-15-12-9-2)36-29-22-19-16-13-10-3/h41H,8-39H2,1-7H3. The van der Waals surface area contributed by atoms with Gasteiger partial charge in [0, 0.05) is 12.8 Å². The van der Waals surface area contributed by atoms with Crippen LogP contribution in [0.15, 0.2) is 0 Å². The molecule has 0 amide bonds. The van der Waals surface area contributed by atoms with Crippen molar-refractivity contribution in [3.63, 3.8) is 0 Å². The van der Waals surface area contributed by atoms with Crippen molar-refractivity contribution in [1.82, 2.24) is 0 Å². The van der Waals surface area contributed by atoms with Crippen LogP contribution in [-0.2, 0) is 23.9 Å². The fourth-order valence-corrected chi connectivity index (χ4v) is 6.76. The van der Waals surface area contributed by atoms with Gasteiger partial charge in [0.25, 0.3) is 0 Å². The SMILES string of the molecule is CCCCCCCCCOC(=O)C(C)(C)CCCCCC(=O)CCCCCC(C)(C)C(=O)OC(CCCCCCCC)CCCCCCCC. The zero-order valence-corrected chi connectivity index (χ0v) is 34.7. The van der Waals surface area contributed by atoms with Crippen LogP contribution in [0.4, 0.5) is 0 Å². The number of carbonyl (C=O) groups is 3. The second-order valence-corrected chi connectivity index (χ2v) is 16.8. The van der Waals surface area contributed by atoms with Gasteiger partial charge in [-0.05, 0) is 85.5 Å². The first-order valence-electron chi connectivity index (χ1n) is 21.9. The zero-order valence-electron chi connectivity index (χ0n) is 34.7. The molecule has 0 atom stereocenters. The molecule has 5 heteroatoms. The number of ether oxygens (including phenoxy) is 2. The number of hydrogen-bond acceptors (Lipinski definition) is 5. The lowest BCUT2D eigenvalue weighted by molar-refractivity contribution is -0.161. The van der Waals surface area contributed by atoms with Crippen LogP contribution in [0.25, 0.3) is 0 Å². The summed E-state index contributed by atoms with van der Waals surface area (Å²) in [5.41, 5.74) is -0.952. The highest BCUT2D eigenvalue weighted by molar-refractivity contribution is 5.78. The fourth-order valence-electron chi connectivity index (χ4n) is 6.76. The van der Waals surface area contributed by atoms with Gasteiger partial charge in [-0.1, -0.05) is 149 Å². The van der Waals surface area contributed by atoms with E-state index in [0.717, 1.165) is 89.9 Å². The molecule has 0 aromatic rings. The summed E-state index contributed by atoms with van der Waals surface area (Å²) in [6.45, 7) is 15.3.